The lowest BCUT2D eigenvalue weighted by molar-refractivity contribution is -0.136. The van der Waals surface area contributed by atoms with Crippen LogP contribution in [0, 0.1) is 17.6 Å². The summed E-state index contributed by atoms with van der Waals surface area (Å²) in [4.78, 5) is 28.6. The van der Waals surface area contributed by atoms with Crippen LogP contribution >= 0.6 is 0 Å². The van der Waals surface area contributed by atoms with Gasteiger partial charge in [-0.2, -0.15) is 0 Å². The topological polar surface area (TPSA) is 40.6 Å². The van der Waals surface area contributed by atoms with Crippen LogP contribution in [-0.2, 0) is 16.0 Å². The molecule has 0 N–H and O–H groups in total. The maximum absolute atomic E-state index is 13.8. The first-order valence-corrected chi connectivity index (χ1v) is 9.20. The Bertz CT molecular complexity index is 705. The highest BCUT2D eigenvalue weighted by Gasteiger charge is 2.27. The van der Waals surface area contributed by atoms with Gasteiger partial charge < -0.3 is 9.80 Å². The Labute approximate surface area is 152 Å². The second-order valence-corrected chi connectivity index (χ2v) is 6.93. The summed E-state index contributed by atoms with van der Waals surface area (Å²) in [5, 5.41) is 0. The van der Waals surface area contributed by atoms with E-state index in [2.05, 4.69) is 12.2 Å². The molecule has 1 aromatic carbocycles. The van der Waals surface area contributed by atoms with E-state index in [-0.39, 0.29) is 29.7 Å². The van der Waals surface area contributed by atoms with Gasteiger partial charge in [-0.3, -0.25) is 9.59 Å². The van der Waals surface area contributed by atoms with Gasteiger partial charge in [-0.1, -0.05) is 24.3 Å². The standard InChI is InChI=1S/C20H24F2N2O2/c21-17-9-4-8-16(19(17)22)14-18(25)23-10-5-11-24(13-12-23)20(26)15-6-2-1-3-7-15/h1-2,4,8-9,15H,3,5-7,10-14H2. The third kappa shape index (κ3) is 4.29. The molecule has 6 heteroatoms. The van der Waals surface area contributed by atoms with Crippen LogP contribution in [0.5, 0.6) is 0 Å². The second kappa shape index (κ2) is 8.43. The van der Waals surface area contributed by atoms with Crippen LogP contribution in [0.1, 0.15) is 31.2 Å². The molecule has 4 nitrogen and oxygen atoms in total. The predicted molar refractivity (Wildman–Crippen MR) is 94.3 cm³/mol. The van der Waals surface area contributed by atoms with Gasteiger partial charge in [-0.05, 0) is 31.7 Å². The molecule has 3 rings (SSSR count). The largest absolute Gasteiger partial charge is 0.341 e. The van der Waals surface area contributed by atoms with Gasteiger partial charge in [0, 0.05) is 37.7 Å². The van der Waals surface area contributed by atoms with Crippen LogP contribution in [0.3, 0.4) is 0 Å². The van der Waals surface area contributed by atoms with E-state index in [0.717, 1.165) is 25.3 Å². The molecule has 1 aromatic rings. The molecule has 0 aromatic heterocycles. The highest BCUT2D eigenvalue weighted by Crippen LogP contribution is 2.21. The van der Waals surface area contributed by atoms with E-state index in [1.807, 2.05) is 4.90 Å². The third-order valence-corrected chi connectivity index (χ3v) is 5.15. The lowest BCUT2D eigenvalue weighted by Crippen LogP contribution is -2.40. The molecule has 140 valence electrons. The van der Waals surface area contributed by atoms with Crippen LogP contribution in [0.4, 0.5) is 8.78 Å². The molecule has 2 aliphatic rings. The molecule has 0 saturated carbocycles. The minimum Gasteiger partial charge on any atom is -0.341 e. The SMILES string of the molecule is O=C(Cc1cccc(F)c1F)N1CCCN(C(=O)C2CC=CCC2)CC1. The summed E-state index contributed by atoms with van der Waals surface area (Å²) in [6.45, 7) is 2.10. The molecule has 1 unspecified atom stereocenters. The van der Waals surface area contributed by atoms with Crippen molar-refractivity contribution < 1.29 is 18.4 Å². The van der Waals surface area contributed by atoms with Gasteiger partial charge in [-0.25, -0.2) is 8.78 Å². The Hall–Kier alpha value is -2.24. The van der Waals surface area contributed by atoms with E-state index in [4.69, 9.17) is 0 Å². The fourth-order valence-electron chi connectivity index (χ4n) is 3.62. The summed E-state index contributed by atoms with van der Waals surface area (Å²) >= 11 is 0. The first kappa shape index (κ1) is 18.5. The zero-order chi connectivity index (χ0) is 18.5. The van der Waals surface area contributed by atoms with Gasteiger partial charge >= 0.3 is 0 Å². The number of halogens is 2. The summed E-state index contributed by atoms with van der Waals surface area (Å²) in [7, 11) is 0. The molecule has 26 heavy (non-hydrogen) atoms. The number of carbonyl (C=O) groups is 2. The highest BCUT2D eigenvalue weighted by molar-refractivity contribution is 5.80. The maximum atomic E-state index is 13.8. The lowest BCUT2D eigenvalue weighted by Gasteiger charge is -2.27. The number of nitrogens with zero attached hydrogens (tertiary/aromatic N) is 2. The van der Waals surface area contributed by atoms with Crippen LogP contribution in [0.25, 0.3) is 0 Å². The average molecular weight is 362 g/mol. The predicted octanol–water partition coefficient (Wildman–Crippen LogP) is 2.92. The van der Waals surface area contributed by atoms with Crippen molar-refractivity contribution in [2.75, 3.05) is 26.2 Å². The van der Waals surface area contributed by atoms with Crippen molar-refractivity contribution in [3.8, 4) is 0 Å². The average Bonchev–Trinajstić information content (AvgIpc) is 2.92. The van der Waals surface area contributed by atoms with E-state index in [1.54, 1.807) is 4.90 Å². The summed E-state index contributed by atoms with van der Waals surface area (Å²) in [5.74, 6) is -1.92. The quantitative estimate of drug-likeness (QED) is 0.776. The van der Waals surface area contributed by atoms with Crippen molar-refractivity contribution in [3.63, 3.8) is 0 Å². The van der Waals surface area contributed by atoms with Crippen molar-refractivity contribution in [3.05, 3.63) is 47.5 Å². The minimum atomic E-state index is -0.960. The van der Waals surface area contributed by atoms with Crippen LogP contribution < -0.4 is 0 Å². The third-order valence-electron chi connectivity index (χ3n) is 5.15. The van der Waals surface area contributed by atoms with Gasteiger partial charge in [0.25, 0.3) is 0 Å². The molecule has 1 fully saturated rings. The van der Waals surface area contributed by atoms with Gasteiger partial charge in [0.15, 0.2) is 11.6 Å². The molecular weight excluding hydrogens is 338 g/mol. The Morgan fingerprint density at radius 1 is 1.04 bits per heavy atom. The smallest absolute Gasteiger partial charge is 0.227 e. The molecule has 2 amide bonds. The molecule has 0 spiro atoms. The Morgan fingerprint density at radius 3 is 2.58 bits per heavy atom. The highest BCUT2D eigenvalue weighted by atomic mass is 19.2. The zero-order valence-corrected chi connectivity index (χ0v) is 14.8. The Kier molecular flexibility index (Phi) is 6.01. The monoisotopic (exact) mass is 362 g/mol. The maximum Gasteiger partial charge on any atom is 0.227 e. The van der Waals surface area contributed by atoms with E-state index < -0.39 is 11.6 Å². The Balaban J connectivity index is 1.57. The number of carbonyl (C=O) groups excluding carboxylic acids is 2. The first-order chi connectivity index (χ1) is 12.6. The van der Waals surface area contributed by atoms with Crippen LogP contribution in [0.15, 0.2) is 30.4 Å². The van der Waals surface area contributed by atoms with Crippen LogP contribution in [0.2, 0.25) is 0 Å². The van der Waals surface area contributed by atoms with E-state index in [9.17, 15) is 18.4 Å². The van der Waals surface area contributed by atoms with Gasteiger partial charge in [0.05, 0.1) is 6.42 Å². The molecule has 1 aliphatic carbocycles. The van der Waals surface area contributed by atoms with Gasteiger partial charge in [-0.15, -0.1) is 0 Å². The van der Waals surface area contributed by atoms with E-state index in [1.165, 1.54) is 12.1 Å². The van der Waals surface area contributed by atoms with Gasteiger partial charge in [0.2, 0.25) is 11.8 Å². The van der Waals surface area contributed by atoms with E-state index in [0.29, 0.717) is 32.6 Å². The number of amides is 2. The van der Waals surface area contributed by atoms with E-state index >= 15 is 0 Å². The summed E-state index contributed by atoms with van der Waals surface area (Å²) in [5.41, 5.74) is 0.0705. The second-order valence-electron chi connectivity index (χ2n) is 6.93. The first-order valence-electron chi connectivity index (χ1n) is 9.20. The molecule has 1 atom stereocenters. The fraction of sp³-hybridized carbons (Fsp3) is 0.500. The van der Waals surface area contributed by atoms with Crippen molar-refractivity contribution in [1.82, 2.24) is 9.80 Å². The van der Waals surface area contributed by atoms with Crippen molar-refractivity contribution >= 4 is 11.8 Å². The number of benzene rings is 1. The molecule has 1 saturated heterocycles. The fourth-order valence-corrected chi connectivity index (χ4v) is 3.62. The minimum absolute atomic E-state index is 0.0450. The summed E-state index contributed by atoms with van der Waals surface area (Å²) < 4.78 is 27.1. The molecule has 1 heterocycles. The van der Waals surface area contributed by atoms with Gasteiger partial charge in [0.1, 0.15) is 0 Å². The molecule has 0 bridgehead atoms. The zero-order valence-electron chi connectivity index (χ0n) is 14.8. The number of hydrogen-bond acceptors (Lipinski definition) is 2. The number of hydrogen-bond donors (Lipinski definition) is 0. The number of rotatable bonds is 3. The number of allylic oxidation sites excluding steroid dienone is 2. The molecule has 1 aliphatic heterocycles. The summed E-state index contributed by atoms with van der Waals surface area (Å²) in [6.07, 6.45) is 7.32. The van der Waals surface area contributed by atoms with Crippen molar-refractivity contribution in [2.24, 2.45) is 5.92 Å². The Morgan fingerprint density at radius 2 is 1.81 bits per heavy atom. The normalized spacial score (nSPS) is 20.8. The summed E-state index contributed by atoms with van der Waals surface area (Å²) in [6, 6.07) is 3.88. The van der Waals surface area contributed by atoms with Crippen LogP contribution in [-0.4, -0.2) is 47.8 Å². The molecular formula is C20H24F2N2O2. The van der Waals surface area contributed by atoms with Crippen molar-refractivity contribution in [1.29, 1.82) is 0 Å². The van der Waals surface area contributed by atoms with Crippen molar-refractivity contribution in [2.45, 2.75) is 32.1 Å². The lowest BCUT2D eigenvalue weighted by atomic mass is 9.93. The molecule has 0 radical (unpaired) electrons.